The van der Waals surface area contributed by atoms with Crippen molar-refractivity contribution in [3.8, 4) is 5.75 Å². The molecule has 4 aromatic carbocycles. The number of hydrogen-bond donors (Lipinski definition) is 1. The number of halogens is 2. The van der Waals surface area contributed by atoms with Crippen LogP contribution in [-0.2, 0) is 32.6 Å². The van der Waals surface area contributed by atoms with Crippen LogP contribution in [0.25, 0.3) is 0 Å². The number of sulfonamides is 1. The van der Waals surface area contributed by atoms with Crippen LogP contribution in [0.5, 0.6) is 5.75 Å². The summed E-state index contributed by atoms with van der Waals surface area (Å²) in [4.78, 5) is 29.2. The van der Waals surface area contributed by atoms with E-state index in [1.165, 1.54) is 66.6 Å². The number of nitrogens with one attached hydrogen (secondary N) is 1. The predicted molar refractivity (Wildman–Crippen MR) is 173 cm³/mol. The van der Waals surface area contributed by atoms with Gasteiger partial charge in [-0.15, -0.1) is 0 Å². The lowest BCUT2D eigenvalue weighted by molar-refractivity contribution is -0.140. The van der Waals surface area contributed by atoms with Gasteiger partial charge in [0.15, 0.2) is 0 Å². The summed E-state index contributed by atoms with van der Waals surface area (Å²) in [5.41, 5.74) is 0.941. The van der Waals surface area contributed by atoms with E-state index in [-0.39, 0.29) is 29.1 Å². The lowest BCUT2D eigenvalue weighted by atomic mass is 10.0. The van der Waals surface area contributed by atoms with Gasteiger partial charge in [-0.3, -0.25) is 13.9 Å². The first-order chi connectivity index (χ1) is 22.1. The number of methoxy groups -OCH3 is 1. The molecule has 4 rings (SSSR count). The Morgan fingerprint density at radius 1 is 0.870 bits per heavy atom. The van der Waals surface area contributed by atoms with Crippen LogP contribution in [0.4, 0.5) is 14.5 Å². The van der Waals surface area contributed by atoms with Crippen LogP contribution in [0, 0.1) is 11.6 Å². The highest BCUT2D eigenvalue weighted by atomic mass is 32.2. The van der Waals surface area contributed by atoms with Crippen molar-refractivity contribution < 1.29 is 31.5 Å². The Labute approximate surface area is 268 Å². The fraction of sp³-hybridized carbons (Fsp3) is 0.257. The Balaban J connectivity index is 1.79. The van der Waals surface area contributed by atoms with Gasteiger partial charge < -0.3 is 15.0 Å². The molecule has 0 aliphatic carbocycles. The van der Waals surface area contributed by atoms with E-state index in [9.17, 15) is 22.4 Å². The second-order valence-corrected chi connectivity index (χ2v) is 12.5. The molecule has 0 heterocycles. The van der Waals surface area contributed by atoms with Gasteiger partial charge in [0.05, 0.1) is 17.7 Å². The SMILES string of the molecule is CCCCNC(=O)[C@@H](Cc1ccccc1)N(Cc1ccccc1F)C(=O)CN(c1ccc(F)cc1)S(=O)(=O)c1ccc(OC)cc1. The van der Waals surface area contributed by atoms with Crippen molar-refractivity contribution in [1.82, 2.24) is 10.2 Å². The number of rotatable bonds is 15. The van der Waals surface area contributed by atoms with Gasteiger partial charge in [-0.25, -0.2) is 17.2 Å². The number of amides is 2. The third-order valence-corrected chi connectivity index (χ3v) is 9.23. The first-order valence-corrected chi connectivity index (χ1v) is 16.3. The molecule has 4 aromatic rings. The second-order valence-electron chi connectivity index (χ2n) is 10.6. The topological polar surface area (TPSA) is 96.0 Å². The minimum Gasteiger partial charge on any atom is -0.497 e. The van der Waals surface area contributed by atoms with Gasteiger partial charge in [0, 0.05) is 25.1 Å². The number of unbranched alkanes of at least 4 members (excludes halogenated alkanes) is 1. The quantitative estimate of drug-likeness (QED) is 0.166. The summed E-state index contributed by atoms with van der Waals surface area (Å²) >= 11 is 0. The zero-order valence-electron chi connectivity index (χ0n) is 25.7. The number of hydrogen-bond acceptors (Lipinski definition) is 5. The van der Waals surface area contributed by atoms with E-state index in [1.807, 2.05) is 37.3 Å². The average Bonchev–Trinajstić information content (AvgIpc) is 3.07. The van der Waals surface area contributed by atoms with E-state index in [0.717, 1.165) is 28.4 Å². The minimum atomic E-state index is -4.39. The van der Waals surface area contributed by atoms with Gasteiger partial charge in [0.1, 0.15) is 30.0 Å². The van der Waals surface area contributed by atoms with Crippen molar-refractivity contribution in [1.29, 1.82) is 0 Å². The maximum atomic E-state index is 15.0. The molecule has 0 bridgehead atoms. The van der Waals surface area contributed by atoms with Crippen LogP contribution in [0.3, 0.4) is 0 Å². The first-order valence-electron chi connectivity index (χ1n) is 14.9. The summed E-state index contributed by atoms with van der Waals surface area (Å²) in [6.07, 6.45) is 1.64. The van der Waals surface area contributed by atoms with Crippen molar-refractivity contribution in [3.05, 3.63) is 126 Å². The van der Waals surface area contributed by atoms with Crippen LogP contribution in [-0.4, -0.2) is 51.4 Å². The van der Waals surface area contributed by atoms with Gasteiger partial charge in [-0.05, 0) is 66.6 Å². The fourth-order valence-corrected chi connectivity index (χ4v) is 6.30. The van der Waals surface area contributed by atoms with Crippen LogP contribution in [0.15, 0.2) is 108 Å². The van der Waals surface area contributed by atoms with E-state index < -0.39 is 46.1 Å². The molecule has 0 aliphatic heterocycles. The normalized spacial score (nSPS) is 11.8. The molecule has 2 amide bonds. The molecule has 11 heteroatoms. The van der Waals surface area contributed by atoms with Crippen molar-refractivity contribution in [2.24, 2.45) is 0 Å². The Morgan fingerprint density at radius 3 is 2.15 bits per heavy atom. The molecule has 0 saturated heterocycles. The maximum absolute atomic E-state index is 15.0. The van der Waals surface area contributed by atoms with E-state index in [1.54, 1.807) is 6.07 Å². The standard InChI is InChI=1S/C35H37F2N3O5S/c1-3-4-22-38-35(42)33(23-26-10-6-5-7-11-26)39(24-27-12-8-9-13-32(27)37)34(41)25-40(29-16-14-28(36)15-17-29)46(43,44)31-20-18-30(45-2)19-21-31/h5-21,33H,3-4,22-25H2,1-2H3,(H,38,42)/t33-/m1/s1. The molecule has 1 N–H and O–H groups in total. The third-order valence-electron chi connectivity index (χ3n) is 7.44. The number of nitrogens with zero attached hydrogens (tertiary/aromatic N) is 2. The molecule has 0 radical (unpaired) electrons. The van der Waals surface area contributed by atoms with Crippen LogP contribution in [0.2, 0.25) is 0 Å². The Morgan fingerprint density at radius 2 is 1.52 bits per heavy atom. The minimum absolute atomic E-state index is 0.0309. The van der Waals surface area contributed by atoms with E-state index in [0.29, 0.717) is 18.7 Å². The van der Waals surface area contributed by atoms with Crippen LogP contribution >= 0.6 is 0 Å². The summed E-state index contributed by atoms with van der Waals surface area (Å²) < 4.78 is 63.0. The highest BCUT2D eigenvalue weighted by Gasteiger charge is 2.35. The number of carbonyl (C=O) groups excluding carboxylic acids is 2. The Hall–Kier alpha value is -4.77. The Bertz CT molecular complexity index is 1700. The first kappa shape index (κ1) is 34.1. The molecule has 0 fully saturated rings. The fourth-order valence-electron chi connectivity index (χ4n) is 4.88. The van der Waals surface area contributed by atoms with Crippen LogP contribution < -0.4 is 14.4 Å². The molecular weight excluding hydrogens is 612 g/mol. The molecule has 0 spiro atoms. The van der Waals surface area contributed by atoms with Gasteiger partial charge in [-0.1, -0.05) is 61.9 Å². The van der Waals surface area contributed by atoms with Crippen molar-refractivity contribution in [2.75, 3.05) is 24.5 Å². The molecule has 46 heavy (non-hydrogen) atoms. The average molecular weight is 650 g/mol. The molecule has 242 valence electrons. The summed E-state index contributed by atoms with van der Waals surface area (Å²) in [5.74, 6) is -1.95. The van der Waals surface area contributed by atoms with Crippen molar-refractivity contribution >= 4 is 27.5 Å². The van der Waals surface area contributed by atoms with E-state index >= 15 is 4.39 Å². The van der Waals surface area contributed by atoms with E-state index in [2.05, 4.69) is 5.32 Å². The largest absolute Gasteiger partial charge is 0.497 e. The molecule has 0 saturated carbocycles. The number of anilines is 1. The van der Waals surface area contributed by atoms with E-state index in [4.69, 9.17) is 4.74 Å². The Kier molecular flexibility index (Phi) is 11.9. The summed E-state index contributed by atoms with van der Waals surface area (Å²) in [7, 11) is -2.94. The lowest BCUT2D eigenvalue weighted by Crippen LogP contribution is -2.53. The smallest absolute Gasteiger partial charge is 0.264 e. The highest BCUT2D eigenvalue weighted by Crippen LogP contribution is 2.27. The lowest BCUT2D eigenvalue weighted by Gasteiger charge is -2.34. The second kappa shape index (κ2) is 16.0. The zero-order valence-corrected chi connectivity index (χ0v) is 26.6. The number of carbonyl (C=O) groups is 2. The summed E-state index contributed by atoms with van der Waals surface area (Å²) in [5, 5.41) is 2.89. The van der Waals surface area contributed by atoms with Gasteiger partial charge in [-0.2, -0.15) is 0 Å². The molecule has 0 aliphatic rings. The van der Waals surface area contributed by atoms with Gasteiger partial charge in [0.2, 0.25) is 11.8 Å². The summed E-state index contributed by atoms with van der Waals surface area (Å²) in [6, 6.07) is 24.2. The molecule has 0 aromatic heterocycles. The van der Waals surface area contributed by atoms with Crippen molar-refractivity contribution in [3.63, 3.8) is 0 Å². The molecular formula is C35H37F2N3O5S. The number of ether oxygens (including phenoxy) is 1. The highest BCUT2D eigenvalue weighted by molar-refractivity contribution is 7.92. The van der Waals surface area contributed by atoms with Crippen molar-refractivity contribution in [2.45, 2.75) is 43.7 Å². The zero-order chi connectivity index (χ0) is 33.1. The molecule has 1 atom stereocenters. The maximum Gasteiger partial charge on any atom is 0.264 e. The van der Waals surface area contributed by atoms with Gasteiger partial charge in [0.25, 0.3) is 10.0 Å². The number of benzene rings is 4. The summed E-state index contributed by atoms with van der Waals surface area (Å²) in [6.45, 7) is 1.30. The predicted octanol–water partition coefficient (Wildman–Crippen LogP) is 5.73. The monoisotopic (exact) mass is 649 g/mol. The third kappa shape index (κ3) is 8.69. The van der Waals surface area contributed by atoms with Gasteiger partial charge >= 0.3 is 0 Å². The van der Waals surface area contributed by atoms with Crippen LogP contribution in [0.1, 0.15) is 30.9 Å². The molecule has 8 nitrogen and oxygen atoms in total. The molecule has 0 unspecified atom stereocenters.